The zero-order valence-corrected chi connectivity index (χ0v) is 19.9. The van der Waals surface area contributed by atoms with E-state index < -0.39 is 0 Å². The number of aryl methyl sites for hydroxylation is 1. The molecule has 162 valence electrons. The Morgan fingerprint density at radius 2 is 1.75 bits per heavy atom. The molecule has 3 aromatic carbocycles. The van der Waals surface area contributed by atoms with E-state index in [-0.39, 0.29) is 5.91 Å². The van der Waals surface area contributed by atoms with E-state index in [4.69, 9.17) is 33.3 Å². The smallest absolute Gasteiger partial charge is 0.270 e. The van der Waals surface area contributed by atoms with Gasteiger partial charge in [-0.25, -0.2) is 0 Å². The number of benzene rings is 3. The predicted octanol–water partition coefficient (Wildman–Crippen LogP) is 6.64. The van der Waals surface area contributed by atoms with Crippen LogP contribution < -0.4 is 14.4 Å². The summed E-state index contributed by atoms with van der Waals surface area (Å²) in [5, 5.41) is 0.603. The van der Waals surface area contributed by atoms with Crippen molar-refractivity contribution >= 4 is 57.6 Å². The third-order valence-corrected chi connectivity index (χ3v) is 6.43. The van der Waals surface area contributed by atoms with Crippen molar-refractivity contribution in [1.82, 2.24) is 0 Å². The molecule has 4 rings (SSSR count). The second-order valence-corrected chi connectivity index (χ2v) is 9.29. The lowest BCUT2D eigenvalue weighted by molar-refractivity contribution is -0.113. The number of amides is 1. The Labute approximate surface area is 201 Å². The lowest BCUT2D eigenvalue weighted by Gasteiger charge is -2.14. The van der Waals surface area contributed by atoms with E-state index in [1.165, 1.54) is 22.2 Å². The van der Waals surface area contributed by atoms with Gasteiger partial charge in [-0.2, -0.15) is 0 Å². The first-order valence-electron chi connectivity index (χ1n) is 9.84. The molecule has 7 heteroatoms. The molecule has 32 heavy (non-hydrogen) atoms. The van der Waals surface area contributed by atoms with Gasteiger partial charge in [0.15, 0.2) is 15.8 Å². The number of halogens is 1. The summed E-state index contributed by atoms with van der Waals surface area (Å²) in [5.74, 6) is 1.07. The Morgan fingerprint density at radius 3 is 2.44 bits per heavy atom. The van der Waals surface area contributed by atoms with Crippen molar-refractivity contribution in [2.45, 2.75) is 13.5 Å². The van der Waals surface area contributed by atoms with Crippen LogP contribution in [0.15, 0.2) is 71.6 Å². The summed E-state index contributed by atoms with van der Waals surface area (Å²) in [6.45, 7) is 2.49. The molecule has 4 nitrogen and oxygen atoms in total. The van der Waals surface area contributed by atoms with Gasteiger partial charge in [0.05, 0.1) is 17.7 Å². The molecule has 1 amide bonds. The number of methoxy groups -OCH3 is 1. The predicted molar refractivity (Wildman–Crippen MR) is 136 cm³/mol. The van der Waals surface area contributed by atoms with Gasteiger partial charge in [0.2, 0.25) is 0 Å². The third kappa shape index (κ3) is 4.99. The maximum Gasteiger partial charge on any atom is 0.270 e. The molecule has 0 N–H and O–H groups in total. The largest absolute Gasteiger partial charge is 0.493 e. The van der Waals surface area contributed by atoms with E-state index in [2.05, 4.69) is 19.1 Å². The third-order valence-electron chi connectivity index (χ3n) is 4.88. The number of thiocarbonyl (C=S) groups is 1. The van der Waals surface area contributed by atoms with Gasteiger partial charge in [-0.15, -0.1) is 0 Å². The number of ether oxygens (including phenoxy) is 2. The van der Waals surface area contributed by atoms with E-state index >= 15 is 0 Å². The van der Waals surface area contributed by atoms with Gasteiger partial charge < -0.3 is 9.47 Å². The highest BCUT2D eigenvalue weighted by molar-refractivity contribution is 8.27. The van der Waals surface area contributed by atoms with E-state index in [1.807, 2.05) is 36.4 Å². The number of carbonyl (C=O) groups is 1. The van der Waals surface area contributed by atoms with Crippen LogP contribution in [0.1, 0.15) is 16.7 Å². The lowest BCUT2D eigenvalue weighted by Crippen LogP contribution is -2.27. The number of nitrogens with zero attached hydrogens (tertiary/aromatic N) is 1. The Morgan fingerprint density at radius 1 is 1.03 bits per heavy atom. The average Bonchev–Trinajstić information content (AvgIpc) is 3.07. The van der Waals surface area contributed by atoms with Gasteiger partial charge in [-0.3, -0.25) is 9.69 Å². The van der Waals surface area contributed by atoms with Gasteiger partial charge in [-0.05, 0) is 60.5 Å². The van der Waals surface area contributed by atoms with Crippen LogP contribution in [-0.4, -0.2) is 17.3 Å². The topological polar surface area (TPSA) is 38.8 Å². The fraction of sp³-hybridized carbons (Fsp3) is 0.120. The van der Waals surface area contributed by atoms with E-state index in [0.717, 1.165) is 11.1 Å². The maximum atomic E-state index is 13.0. The maximum absolute atomic E-state index is 13.0. The zero-order chi connectivity index (χ0) is 22.7. The van der Waals surface area contributed by atoms with Gasteiger partial charge in [0.1, 0.15) is 6.61 Å². The molecular weight excluding hydrogens is 462 g/mol. The number of carbonyl (C=O) groups excluding carboxylic acids is 1. The summed E-state index contributed by atoms with van der Waals surface area (Å²) in [6.07, 6.45) is 1.81. The number of hydrogen-bond acceptors (Lipinski definition) is 5. The van der Waals surface area contributed by atoms with Crippen molar-refractivity contribution in [3.05, 3.63) is 93.3 Å². The van der Waals surface area contributed by atoms with Crippen LogP contribution in [0.2, 0.25) is 5.02 Å². The molecule has 0 aromatic heterocycles. The van der Waals surface area contributed by atoms with Gasteiger partial charge in [-0.1, -0.05) is 71.5 Å². The summed E-state index contributed by atoms with van der Waals surface area (Å²) >= 11 is 12.7. The highest BCUT2D eigenvalue weighted by Crippen LogP contribution is 2.37. The molecule has 0 unspecified atom stereocenters. The molecule has 0 atom stereocenters. The number of hydrogen-bond donors (Lipinski definition) is 0. The van der Waals surface area contributed by atoms with Crippen LogP contribution in [0, 0.1) is 6.92 Å². The Kier molecular flexibility index (Phi) is 6.84. The molecule has 1 heterocycles. The van der Waals surface area contributed by atoms with Crippen molar-refractivity contribution in [3.8, 4) is 11.5 Å². The second kappa shape index (κ2) is 9.77. The van der Waals surface area contributed by atoms with Crippen LogP contribution >= 0.6 is 35.6 Å². The first-order valence-corrected chi connectivity index (χ1v) is 11.4. The number of anilines is 1. The summed E-state index contributed by atoms with van der Waals surface area (Å²) in [5.41, 5.74) is 3.80. The van der Waals surface area contributed by atoms with Crippen molar-refractivity contribution in [3.63, 3.8) is 0 Å². The molecule has 1 saturated heterocycles. The van der Waals surface area contributed by atoms with Crippen LogP contribution in [0.5, 0.6) is 11.5 Å². The minimum atomic E-state index is -0.166. The second-order valence-electron chi connectivity index (χ2n) is 7.18. The summed E-state index contributed by atoms with van der Waals surface area (Å²) in [7, 11) is 1.60. The molecule has 0 saturated carbocycles. The van der Waals surface area contributed by atoms with Crippen molar-refractivity contribution in [2.75, 3.05) is 12.0 Å². The fourth-order valence-electron chi connectivity index (χ4n) is 3.17. The fourth-order valence-corrected chi connectivity index (χ4v) is 4.60. The average molecular weight is 482 g/mol. The summed E-state index contributed by atoms with van der Waals surface area (Å²) in [4.78, 5) is 15.0. The Hall–Kier alpha value is -2.80. The monoisotopic (exact) mass is 481 g/mol. The van der Waals surface area contributed by atoms with E-state index in [9.17, 15) is 4.79 Å². The van der Waals surface area contributed by atoms with Crippen molar-refractivity contribution < 1.29 is 14.3 Å². The van der Waals surface area contributed by atoms with E-state index in [1.54, 1.807) is 31.4 Å². The minimum absolute atomic E-state index is 0.166. The normalized spacial score (nSPS) is 14.8. The number of rotatable bonds is 6. The minimum Gasteiger partial charge on any atom is -0.493 e. The molecule has 0 aliphatic carbocycles. The molecule has 3 aromatic rings. The summed E-state index contributed by atoms with van der Waals surface area (Å²) in [6, 6.07) is 20.8. The molecule has 0 bridgehead atoms. The molecule has 1 aliphatic heterocycles. The SMILES string of the molecule is COc1cc(/C=C2\SC(=S)N(c3ccc(Cl)cc3)C2=O)ccc1OCc1ccc(C)cc1. The molecule has 1 aliphatic rings. The van der Waals surface area contributed by atoms with E-state index in [0.29, 0.717) is 38.0 Å². The van der Waals surface area contributed by atoms with Crippen LogP contribution in [0.25, 0.3) is 6.08 Å². The highest BCUT2D eigenvalue weighted by atomic mass is 35.5. The Bertz CT molecular complexity index is 1190. The zero-order valence-electron chi connectivity index (χ0n) is 17.5. The molecule has 1 fully saturated rings. The first-order chi connectivity index (χ1) is 15.4. The quantitative estimate of drug-likeness (QED) is 0.291. The first kappa shape index (κ1) is 22.4. The van der Waals surface area contributed by atoms with Crippen LogP contribution in [-0.2, 0) is 11.4 Å². The Balaban J connectivity index is 1.52. The molecule has 0 spiro atoms. The van der Waals surface area contributed by atoms with Crippen molar-refractivity contribution in [2.24, 2.45) is 0 Å². The molecular formula is C25H20ClNO3S2. The van der Waals surface area contributed by atoms with Gasteiger partial charge >= 0.3 is 0 Å². The van der Waals surface area contributed by atoms with Crippen LogP contribution in [0.4, 0.5) is 5.69 Å². The highest BCUT2D eigenvalue weighted by Gasteiger charge is 2.33. The summed E-state index contributed by atoms with van der Waals surface area (Å²) < 4.78 is 11.9. The molecule has 0 radical (unpaired) electrons. The van der Waals surface area contributed by atoms with Crippen molar-refractivity contribution in [1.29, 1.82) is 0 Å². The van der Waals surface area contributed by atoms with Gasteiger partial charge in [0.25, 0.3) is 5.91 Å². The number of thioether (sulfide) groups is 1. The standard InChI is InChI=1S/C25H20ClNO3S2/c1-16-3-5-17(6-4-16)15-30-21-12-7-18(13-22(21)29-2)14-23-24(28)27(25(31)32-23)20-10-8-19(26)9-11-20/h3-14H,15H2,1-2H3/b23-14-. The van der Waals surface area contributed by atoms with Crippen LogP contribution in [0.3, 0.4) is 0 Å². The lowest BCUT2D eigenvalue weighted by atomic mass is 10.1. The van der Waals surface area contributed by atoms with Gasteiger partial charge in [0, 0.05) is 5.02 Å².